The molecule has 2 heterocycles. The van der Waals surface area contributed by atoms with Crippen molar-refractivity contribution in [3.8, 4) is 17.2 Å². The molecule has 0 saturated heterocycles. The Morgan fingerprint density at radius 1 is 1.00 bits per heavy atom. The van der Waals surface area contributed by atoms with E-state index in [4.69, 9.17) is 9.15 Å². The van der Waals surface area contributed by atoms with Gasteiger partial charge in [0.25, 0.3) is 0 Å². The summed E-state index contributed by atoms with van der Waals surface area (Å²) in [7, 11) is 0. The Kier molecular flexibility index (Phi) is 6.53. The molecule has 2 aromatic carbocycles. The number of hydrogen-bond acceptors (Lipinski definition) is 7. The largest absolute Gasteiger partial charge is 0.486 e. The van der Waals surface area contributed by atoms with Gasteiger partial charge in [0, 0.05) is 12.1 Å². The average Bonchev–Trinajstić information content (AvgIpc) is 3.49. The lowest BCUT2D eigenvalue weighted by Crippen LogP contribution is -2.08. The van der Waals surface area contributed by atoms with Crippen LogP contribution in [0.2, 0.25) is 0 Å². The first-order valence-corrected chi connectivity index (χ1v) is 12.1. The second-order valence-electron chi connectivity index (χ2n) is 7.88. The first-order valence-electron chi connectivity index (χ1n) is 11.1. The number of thioether (sulfide) groups is 1. The van der Waals surface area contributed by atoms with E-state index < -0.39 is 0 Å². The molecule has 0 atom stereocenters. The van der Waals surface area contributed by atoms with Gasteiger partial charge in [-0.2, -0.15) is 0 Å². The highest BCUT2D eigenvalue weighted by atomic mass is 32.2. The van der Waals surface area contributed by atoms with Crippen molar-refractivity contribution in [3.63, 3.8) is 0 Å². The summed E-state index contributed by atoms with van der Waals surface area (Å²) in [4.78, 5) is 0. The lowest BCUT2D eigenvalue weighted by Gasteiger charge is -2.16. The number of aryl methyl sites for hydroxylation is 2. The van der Waals surface area contributed by atoms with Gasteiger partial charge < -0.3 is 9.15 Å². The maximum Gasteiger partial charge on any atom is 0.247 e. The van der Waals surface area contributed by atoms with Crippen LogP contribution >= 0.6 is 11.8 Å². The molecule has 5 rings (SSSR count). The molecule has 0 spiro atoms. The summed E-state index contributed by atoms with van der Waals surface area (Å²) < 4.78 is 13.9. The van der Waals surface area contributed by atoms with Gasteiger partial charge in [0.15, 0.2) is 11.0 Å². The van der Waals surface area contributed by atoms with Gasteiger partial charge in [0.1, 0.15) is 12.4 Å². The Morgan fingerprint density at radius 3 is 2.70 bits per heavy atom. The third kappa shape index (κ3) is 5.01. The summed E-state index contributed by atoms with van der Waals surface area (Å²) in [6.07, 6.45) is 6.64. The van der Waals surface area contributed by atoms with Crippen molar-refractivity contribution in [2.75, 3.05) is 0 Å². The van der Waals surface area contributed by atoms with Crippen molar-refractivity contribution in [2.24, 2.45) is 0 Å². The minimum absolute atomic E-state index is 0.346. The first kappa shape index (κ1) is 21.5. The van der Waals surface area contributed by atoms with Gasteiger partial charge >= 0.3 is 0 Å². The molecule has 0 radical (unpaired) electrons. The molecule has 8 heteroatoms. The predicted octanol–water partition coefficient (Wildman–Crippen LogP) is 5.26. The molecule has 0 aliphatic heterocycles. The Balaban J connectivity index is 1.24. The van der Waals surface area contributed by atoms with Crippen LogP contribution in [0.25, 0.3) is 11.5 Å². The fourth-order valence-corrected chi connectivity index (χ4v) is 4.73. The minimum atomic E-state index is 0.346. The molecular weight excluding hydrogens is 434 g/mol. The summed E-state index contributed by atoms with van der Waals surface area (Å²) in [6, 6.07) is 16.1. The number of ether oxygens (including phenoxy) is 1. The predicted molar refractivity (Wildman–Crippen MR) is 127 cm³/mol. The van der Waals surface area contributed by atoms with E-state index in [0.29, 0.717) is 30.7 Å². The topological polar surface area (TPSA) is 78.9 Å². The zero-order valence-electron chi connectivity index (χ0n) is 18.3. The first-order chi connectivity index (χ1) is 16.3. The van der Waals surface area contributed by atoms with Crippen molar-refractivity contribution in [3.05, 3.63) is 84.0 Å². The third-order valence-electron chi connectivity index (χ3n) is 5.61. The van der Waals surface area contributed by atoms with E-state index in [1.807, 2.05) is 47.0 Å². The Hall–Kier alpha value is -3.39. The van der Waals surface area contributed by atoms with E-state index in [0.717, 1.165) is 35.1 Å². The number of aromatic nitrogens is 5. The Morgan fingerprint density at radius 2 is 1.85 bits per heavy atom. The van der Waals surface area contributed by atoms with E-state index in [1.54, 1.807) is 0 Å². The fraction of sp³-hybridized carbons (Fsp3) is 0.280. The van der Waals surface area contributed by atoms with Crippen LogP contribution in [-0.4, -0.2) is 25.0 Å². The number of benzene rings is 2. The standard InChI is InChI=1S/C25H25N5O2S/c1-2-14-30-22(16-31-21-13-12-18-8-6-7-11-20(18)15-21)26-29-25(30)33-17-23-27-28-24(32-23)19-9-4-3-5-10-19/h2-5,9-10,12-13,15H,1,6-8,11,14,16-17H2. The molecule has 33 heavy (non-hydrogen) atoms. The molecule has 0 N–H and O–H groups in total. The van der Waals surface area contributed by atoms with Gasteiger partial charge in [-0.1, -0.05) is 42.1 Å². The molecule has 4 aromatic rings. The molecule has 0 unspecified atom stereocenters. The van der Waals surface area contributed by atoms with Gasteiger partial charge in [-0.05, 0) is 61.1 Å². The zero-order chi connectivity index (χ0) is 22.5. The third-order valence-corrected chi connectivity index (χ3v) is 6.56. The second-order valence-corrected chi connectivity index (χ2v) is 8.82. The zero-order valence-corrected chi connectivity index (χ0v) is 19.1. The number of fused-ring (bicyclic) bond motifs is 1. The van der Waals surface area contributed by atoms with Crippen LogP contribution in [-0.2, 0) is 31.7 Å². The van der Waals surface area contributed by atoms with Gasteiger partial charge in [0.2, 0.25) is 11.8 Å². The molecule has 7 nitrogen and oxygen atoms in total. The highest BCUT2D eigenvalue weighted by molar-refractivity contribution is 7.98. The van der Waals surface area contributed by atoms with Crippen LogP contribution in [0.4, 0.5) is 0 Å². The number of allylic oxidation sites excluding steroid dienone is 1. The van der Waals surface area contributed by atoms with Crippen LogP contribution < -0.4 is 4.74 Å². The molecule has 1 aliphatic carbocycles. The second kappa shape index (κ2) is 10.0. The normalized spacial score (nSPS) is 13.0. The lowest BCUT2D eigenvalue weighted by molar-refractivity contribution is 0.288. The maximum atomic E-state index is 6.07. The summed E-state index contributed by atoms with van der Waals surface area (Å²) in [6.45, 7) is 4.81. The molecular formula is C25H25N5O2S. The SMILES string of the molecule is C=CCn1c(COc2ccc3c(c2)CCCC3)nnc1SCc1nnc(-c2ccccc2)o1. The van der Waals surface area contributed by atoms with E-state index in [1.165, 1.54) is 35.7 Å². The smallest absolute Gasteiger partial charge is 0.247 e. The van der Waals surface area contributed by atoms with Crippen molar-refractivity contribution in [1.82, 2.24) is 25.0 Å². The summed E-state index contributed by atoms with van der Waals surface area (Å²) in [5, 5.41) is 17.8. The maximum absolute atomic E-state index is 6.07. The molecule has 168 valence electrons. The van der Waals surface area contributed by atoms with Crippen molar-refractivity contribution in [2.45, 2.75) is 49.7 Å². The van der Waals surface area contributed by atoms with Crippen LogP contribution in [0.15, 0.2) is 70.8 Å². The molecule has 0 saturated carbocycles. The van der Waals surface area contributed by atoms with E-state index >= 15 is 0 Å². The monoisotopic (exact) mass is 459 g/mol. The van der Waals surface area contributed by atoms with Crippen molar-refractivity contribution in [1.29, 1.82) is 0 Å². The van der Waals surface area contributed by atoms with Gasteiger partial charge in [-0.3, -0.25) is 4.57 Å². The van der Waals surface area contributed by atoms with E-state index in [-0.39, 0.29) is 0 Å². The molecule has 0 amide bonds. The van der Waals surface area contributed by atoms with Crippen LogP contribution in [0.1, 0.15) is 35.7 Å². The summed E-state index contributed by atoms with van der Waals surface area (Å²) in [5.41, 5.74) is 3.74. The summed E-state index contributed by atoms with van der Waals surface area (Å²) in [5.74, 6) is 3.18. The van der Waals surface area contributed by atoms with Crippen molar-refractivity contribution >= 4 is 11.8 Å². The average molecular weight is 460 g/mol. The number of nitrogens with zero attached hydrogens (tertiary/aromatic N) is 5. The summed E-state index contributed by atoms with van der Waals surface area (Å²) >= 11 is 1.50. The number of hydrogen-bond donors (Lipinski definition) is 0. The molecule has 1 aliphatic rings. The van der Waals surface area contributed by atoms with E-state index in [9.17, 15) is 0 Å². The Bertz CT molecular complexity index is 1230. The van der Waals surface area contributed by atoms with E-state index in [2.05, 4.69) is 39.1 Å². The molecule has 0 fully saturated rings. The molecule has 2 aromatic heterocycles. The highest BCUT2D eigenvalue weighted by Gasteiger charge is 2.16. The highest BCUT2D eigenvalue weighted by Crippen LogP contribution is 2.27. The van der Waals surface area contributed by atoms with Crippen LogP contribution in [0, 0.1) is 0 Å². The fourth-order valence-electron chi connectivity index (χ4n) is 3.93. The Labute approximate surface area is 196 Å². The molecule has 0 bridgehead atoms. The lowest BCUT2D eigenvalue weighted by atomic mass is 9.92. The number of rotatable bonds is 9. The van der Waals surface area contributed by atoms with Crippen LogP contribution in [0.5, 0.6) is 5.75 Å². The van der Waals surface area contributed by atoms with Crippen LogP contribution in [0.3, 0.4) is 0 Å². The van der Waals surface area contributed by atoms with Gasteiger partial charge in [0.05, 0.1) is 5.75 Å². The van der Waals surface area contributed by atoms with Gasteiger partial charge in [-0.15, -0.1) is 27.0 Å². The quantitative estimate of drug-likeness (QED) is 0.249. The van der Waals surface area contributed by atoms with Gasteiger partial charge in [-0.25, -0.2) is 0 Å². The minimum Gasteiger partial charge on any atom is -0.486 e. The van der Waals surface area contributed by atoms with Crippen molar-refractivity contribution < 1.29 is 9.15 Å².